The molecule has 0 saturated heterocycles. The Labute approximate surface area is 200 Å². The normalized spacial score (nSPS) is 10.8. The van der Waals surface area contributed by atoms with E-state index in [0.717, 1.165) is 25.3 Å². The van der Waals surface area contributed by atoms with Crippen LogP contribution in [0.3, 0.4) is 0 Å². The van der Waals surface area contributed by atoms with Crippen LogP contribution < -0.4 is 10.6 Å². The van der Waals surface area contributed by atoms with Crippen LogP contribution in [0.25, 0.3) is 20.8 Å². The molecule has 4 rings (SSSR count). The summed E-state index contributed by atoms with van der Waals surface area (Å²) in [5.74, 6) is -0.406. The van der Waals surface area contributed by atoms with Gasteiger partial charge in [0.25, 0.3) is 5.91 Å². The second-order valence-corrected chi connectivity index (χ2v) is 9.38. The Morgan fingerprint density at radius 2 is 1.83 bits per heavy atom. The van der Waals surface area contributed by atoms with Gasteiger partial charge in [0.2, 0.25) is 0 Å². The number of fused-ring (bicyclic) bond motifs is 1. The molecule has 0 saturated carbocycles. The molecule has 0 spiro atoms. The maximum Gasteiger partial charge on any atom is 0.258 e. The van der Waals surface area contributed by atoms with E-state index in [0.29, 0.717) is 21.3 Å². The number of carbonyl (C=O) groups excluding carboxylic acids is 1. The Balaban J connectivity index is 1.48. The molecule has 0 radical (unpaired) electrons. The van der Waals surface area contributed by atoms with Crippen LogP contribution in [0.1, 0.15) is 10.4 Å². The summed E-state index contributed by atoms with van der Waals surface area (Å²) in [6.07, 6.45) is 0. The van der Waals surface area contributed by atoms with Crippen LogP contribution in [-0.4, -0.2) is 16.0 Å². The zero-order chi connectivity index (χ0) is 21.3. The van der Waals surface area contributed by atoms with E-state index in [2.05, 4.69) is 31.5 Å². The molecule has 0 unspecified atom stereocenters. The van der Waals surface area contributed by atoms with Crippen molar-refractivity contribution in [1.82, 2.24) is 10.3 Å². The zero-order valence-corrected chi connectivity index (χ0v) is 19.8. The highest BCUT2D eigenvalue weighted by molar-refractivity contribution is 9.10. The van der Waals surface area contributed by atoms with Crippen LogP contribution in [0.4, 0.5) is 5.69 Å². The molecule has 0 aliphatic heterocycles. The van der Waals surface area contributed by atoms with Gasteiger partial charge >= 0.3 is 0 Å². The first-order valence-electron chi connectivity index (χ1n) is 8.63. The molecule has 1 heterocycles. The number of hydrogen-bond donors (Lipinski definition) is 2. The monoisotopic (exact) mass is 535 g/mol. The minimum atomic E-state index is -0.406. The highest BCUT2D eigenvalue weighted by Crippen LogP contribution is 2.35. The number of anilines is 1. The summed E-state index contributed by atoms with van der Waals surface area (Å²) in [6, 6.07) is 18.4. The summed E-state index contributed by atoms with van der Waals surface area (Å²) in [4.78, 5) is 17.1. The van der Waals surface area contributed by atoms with Crippen LogP contribution in [0.5, 0.6) is 0 Å². The second kappa shape index (κ2) is 8.99. The Bertz CT molecular complexity index is 1260. The maximum atomic E-state index is 12.4. The molecule has 30 heavy (non-hydrogen) atoms. The molecule has 0 aliphatic carbocycles. The fourth-order valence-corrected chi connectivity index (χ4v) is 4.86. The molecule has 4 aromatic rings. The lowest BCUT2D eigenvalue weighted by atomic mass is 10.2. The molecule has 0 fully saturated rings. The number of para-hydroxylation sites is 1. The van der Waals surface area contributed by atoms with Crippen molar-refractivity contribution in [2.24, 2.45) is 0 Å². The van der Waals surface area contributed by atoms with Gasteiger partial charge in [-0.2, -0.15) is 0 Å². The third-order valence-electron chi connectivity index (χ3n) is 4.15. The fourth-order valence-electron chi connectivity index (χ4n) is 2.76. The van der Waals surface area contributed by atoms with Crippen LogP contribution in [0, 0.1) is 0 Å². The SMILES string of the molecule is O=C(NC(=S)Nc1ccc(-c2nc3ccccc3s2)c(Cl)c1)c1cc(Br)ccc1Cl. The van der Waals surface area contributed by atoms with Crippen LogP contribution >= 0.6 is 62.7 Å². The standard InChI is InChI=1S/C21H12BrCl2N3OS2/c22-11-5-8-15(23)14(9-11)19(28)27-21(29)25-12-6-7-13(16(24)10-12)20-26-17-3-1-2-4-18(17)30-20/h1-10H,(H2,25,27,28,29). The van der Waals surface area contributed by atoms with Crippen molar-refractivity contribution >= 4 is 89.6 Å². The summed E-state index contributed by atoms with van der Waals surface area (Å²) >= 11 is 22.7. The van der Waals surface area contributed by atoms with Crippen molar-refractivity contribution in [2.45, 2.75) is 0 Å². The molecule has 1 amide bonds. The van der Waals surface area contributed by atoms with Gasteiger partial charge in [-0.3, -0.25) is 10.1 Å². The number of nitrogens with zero attached hydrogens (tertiary/aromatic N) is 1. The number of rotatable bonds is 3. The Hall–Kier alpha value is -2.03. The van der Waals surface area contributed by atoms with Crippen LogP contribution in [0.15, 0.2) is 65.1 Å². The van der Waals surface area contributed by atoms with E-state index in [-0.39, 0.29) is 5.11 Å². The number of thiocarbonyl (C=S) groups is 1. The number of carbonyl (C=O) groups is 1. The minimum Gasteiger partial charge on any atom is -0.332 e. The second-order valence-electron chi connectivity index (χ2n) is 6.21. The summed E-state index contributed by atoms with van der Waals surface area (Å²) in [7, 11) is 0. The van der Waals surface area contributed by atoms with Gasteiger partial charge in [-0.05, 0) is 60.7 Å². The van der Waals surface area contributed by atoms with Crippen molar-refractivity contribution in [3.63, 3.8) is 0 Å². The maximum absolute atomic E-state index is 12.4. The number of thiazole rings is 1. The molecular weight excluding hydrogens is 525 g/mol. The van der Waals surface area contributed by atoms with E-state index in [4.69, 9.17) is 35.4 Å². The Morgan fingerprint density at radius 1 is 1.03 bits per heavy atom. The number of aromatic nitrogens is 1. The van der Waals surface area contributed by atoms with Gasteiger partial charge < -0.3 is 5.32 Å². The average molecular weight is 537 g/mol. The van der Waals surface area contributed by atoms with Gasteiger partial charge in [-0.25, -0.2) is 4.98 Å². The third kappa shape index (κ3) is 4.66. The first kappa shape index (κ1) is 21.2. The molecule has 0 aliphatic rings. The summed E-state index contributed by atoms with van der Waals surface area (Å²) in [5, 5.41) is 7.43. The molecule has 150 valence electrons. The van der Waals surface area contributed by atoms with Crippen molar-refractivity contribution in [1.29, 1.82) is 0 Å². The quantitative estimate of drug-likeness (QED) is 0.273. The lowest BCUT2D eigenvalue weighted by Crippen LogP contribution is -2.34. The van der Waals surface area contributed by atoms with Crippen molar-refractivity contribution in [3.8, 4) is 10.6 Å². The van der Waals surface area contributed by atoms with Crippen LogP contribution in [-0.2, 0) is 0 Å². The lowest BCUT2D eigenvalue weighted by molar-refractivity contribution is 0.0978. The van der Waals surface area contributed by atoms with Crippen molar-refractivity contribution < 1.29 is 4.79 Å². The van der Waals surface area contributed by atoms with Crippen molar-refractivity contribution in [3.05, 3.63) is 80.7 Å². The molecule has 9 heteroatoms. The van der Waals surface area contributed by atoms with E-state index in [1.807, 2.05) is 36.4 Å². The number of hydrogen-bond acceptors (Lipinski definition) is 4. The molecule has 3 aromatic carbocycles. The first-order chi connectivity index (χ1) is 14.4. The van der Waals surface area contributed by atoms with Gasteiger partial charge in [0.1, 0.15) is 5.01 Å². The highest BCUT2D eigenvalue weighted by atomic mass is 79.9. The topological polar surface area (TPSA) is 54.0 Å². The minimum absolute atomic E-state index is 0.139. The predicted molar refractivity (Wildman–Crippen MR) is 133 cm³/mol. The van der Waals surface area contributed by atoms with E-state index in [1.165, 1.54) is 0 Å². The molecular formula is C21H12BrCl2N3OS2. The fraction of sp³-hybridized carbons (Fsp3) is 0. The lowest BCUT2D eigenvalue weighted by Gasteiger charge is -2.11. The molecule has 0 atom stereocenters. The average Bonchev–Trinajstić information content (AvgIpc) is 3.13. The van der Waals surface area contributed by atoms with E-state index < -0.39 is 5.91 Å². The Kier molecular flexibility index (Phi) is 6.36. The largest absolute Gasteiger partial charge is 0.332 e. The molecule has 1 aromatic heterocycles. The van der Waals surface area contributed by atoms with Gasteiger partial charge in [-0.15, -0.1) is 11.3 Å². The molecule has 2 N–H and O–H groups in total. The number of benzene rings is 3. The number of halogens is 3. The first-order valence-corrected chi connectivity index (χ1v) is 11.4. The van der Waals surface area contributed by atoms with Crippen molar-refractivity contribution in [2.75, 3.05) is 5.32 Å². The van der Waals surface area contributed by atoms with E-state index in [1.54, 1.807) is 35.6 Å². The molecule has 4 nitrogen and oxygen atoms in total. The van der Waals surface area contributed by atoms with E-state index >= 15 is 0 Å². The summed E-state index contributed by atoms with van der Waals surface area (Å²) in [6.45, 7) is 0. The molecule has 0 bridgehead atoms. The zero-order valence-electron chi connectivity index (χ0n) is 15.1. The number of nitrogens with one attached hydrogen (secondary N) is 2. The smallest absolute Gasteiger partial charge is 0.258 e. The Morgan fingerprint density at radius 3 is 2.60 bits per heavy atom. The summed E-state index contributed by atoms with van der Waals surface area (Å²) in [5.41, 5.74) is 2.74. The van der Waals surface area contributed by atoms with Gasteiger partial charge in [0, 0.05) is 15.7 Å². The third-order valence-corrected chi connectivity index (χ3v) is 6.56. The van der Waals surface area contributed by atoms with E-state index in [9.17, 15) is 4.79 Å². The van der Waals surface area contributed by atoms with Gasteiger partial charge in [0.05, 0.1) is 25.8 Å². The van der Waals surface area contributed by atoms with Gasteiger partial charge in [0.15, 0.2) is 5.11 Å². The predicted octanol–water partition coefficient (Wildman–Crippen LogP) is 7.16. The van der Waals surface area contributed by atoms with Gasteiger partial charge in [-0.1, -0.05) is 51.3 Å². The summed E-state index contributed by atoms with van der Waals surface area (Å²) < 4.78 is 1.84. The highest BCUT2D eigenvalue weighted by Gasteiger charge is 2.14. The number of amides is 1. The van der Waals surface area contributed by atoms with Crippen LogP contribution in [0.2, 0.25) is 10.0 Å².